The Kier molecular flexibility index (Phi) is 4.16. The predicted molar refractivity (Wildman–Crippen MR) is 80.7 cm³/mol. The number of hydrogen-bond donors (Lipinski definition) is 1. The summed E-state index contributed by atoms with van der Waals surface area (Å²) in [6.45, 7) is 0.980. The first-order valence-electron chi connectivity index (χ1n) is 6.69. The van der Waals surface area contributed by atoms with Crippen LogP contribution in [0.4, 0.5) is 0 Å². The van der Waals surface area contributed by atoms with Crippen LogP contribution < -0.4 is 5.32 Å². The first kappa shape index (κ1) is 13.1. The van der Waals surface area contributed by atoms with Crippen LogP contribution in [-0.4, -0.2) is 11.5 Å². The number of rotatable bonds is 6. The Hall–Kier alpha value is -0.900. The molecule has 0 amide bonds. The molecule has 1 aromatic heterocycles. The summed E-state index contributed by atoms with van der Waals surface area (Å²) < 4.78 is 0. The van der Waals surface area contributed by atoms with E-state index >= 15 is 0 Å². The number of benzene rings is 1. The van der Waals surface area contributed by atoms with E-state index in [1.807, 2.05) is 17.6 Å². The molecule has 2 nitrogen and oxygen atoms in total. The van der Waals surface area contributed by atoms with Gasteiger partial charge in [0.15, 0.2) is 0 Å². The molecular formula is C15H17ClN2S. The van der Waals surface area contributed by atoms with Crippen molar-refractivity contribution < 1.29 is 0 Å². The van der Waals surface area contributed by atoms with Gasteiger partial charge >= 0.3 is 0 Å². The van der Waals surface area contributed by atoms with Crippen LogP contribution >= 0.6 is 22.9 Å². The molecule has 1 aromatic carbocycles. The molecule has 1 N–H and O–H groups in total. The average molecular weight is 293 g/mol. The molecule has 0 radical (unpaired) electrons. The highest BCUT2D eigenvalue weighted by molar-refractivity contribution is 7.07. The molecule has 4 heteroatoms. The molecule has 1 aliphatic carbocycles. The molecular weight excluding hydrogens is 276 g/mol. The maximum absolute atomic E-state index is 5.96. The first-order valence-corrected chi connectivity index (χ1v) is 8.01. The molecule has 1 atom stereocenters. The minimum Gasteiger partial charge on any atom is -0.309 e. The number of nitrogens with zero attached hydrogens (tertiary/aromatic N) is 1. The lowest BCUT2D eigenvalue weighted by Gasteiger charge is -2.18. The largest absolute Gasteiger partial charge is 0.309 e. The lowest BCUT2D eigenvalue weighted by atomic mass is 10.0. The minimum absolute atomic E-state index is 0.468. The van der Waals surface area contributed by atoms with Gasteiger partial charge in [0.25, 0.3) is 0 Å². The van der Waals surface area contributed by atoms with Crippen molar-refractivity contribution in [1.82, 2.24) is 10.3 Å². The van der Waals surface area contributed by atoms with Crippen molar-refractivity contribution >= 4 is 22.9 Å². The summed E-state index contributed by atoms with van der Waals surface area (Å²) in [6.07, 6.45) is 3.66. The van der Waals surface area contributed by atoms with E-state index in [0.717, 1.165) is 23.9 Å². The highest BCUT2D eigenvalue weighted by Gasteiger charge is 2.31. The van der Waals surface area contributed by atoms with Gasteiger partial charge in [0.1, 0.15) is 0 Å². The summed E-state index contributed by atoms with van der Waals surface area (Å²) in [5, 5.41) is 6.60. The highest BCUT2D eigenvalue weighted by atomic mass is 35.5. The molecule has 1 unspecified atom stereocenters. The third kappa shape index (κ3) is 3.56. The van der Waals surface area contributed by atoms with Crippen LogP contribution in [0.5, 0.6) is 0 Å². The number of halogens is 1. The molecule has 0 aliphatic heterocycles. The fraction of sp³-hybridized carbons (Fsp3) is 0.400. The zero-order valence-electron chi connectivity index (χ0n) is 10.7. The summed E-state index contributed by atoms with van der Waals surface area (Å²) in [5.41, 5.74) is 4.43. The molecule has 3 rings (SSSR count). The van der Waals surface area contributed by atoms with Crippen LogP contribution in [0.25, 0.3) is 0 Å². The maximum Gasteiger partial charge on any atom is 0.0794 e. The lowest BCUT2D eigenvalue weighted by molar-refractivity contribution is 0.483. The van der Waals surface area contributed by atoms with Gasteiger partial charge in [0.05, 0.1) is 11.2 Å². The highest BCUT2D eigenvalue weighted by Crippen LogP contribution is 2.41. The Balaban J connectivity index is 1.60. The van der Waals surface area contributed by atoms with Crippen LogP contribution in [0.15, 0.2) is 35.2 Å². The van der Waals surface area contributed by atoms with E-state index in [9.17, 15) is 0 Å². The summed E-state index contributed by atoms with van der Waals surface area (Å²) in [5.74, 6) is 0.789. The molecule has 19 heavy (non-hydrogen) atoms. The van der Waals surface area contributed by atoms with Gasteiger partial charge in [-0.2, -0.15) is 0 Å². The third-order valence-corrected chi connectivity index (χ3v) is 4.44. The van der Waals surface area contributed by atoms with E-state index in [1.165, 1.54) is 24.1 Å². The van der Waals surface area contributed by atoms with Gasteiger partial charge in [0, 0.05) is 29.4 Å². The molecule has 1 saturated carbocycles. The maximum atomic E-state index is 5.96. The van der Waals surface area contributed by atoms with Crippen molar-refractivity contribution in [3.8, 4) is 0 Å². The van der Waals surface area contributed by atoms with Crippen LogP contribution in [0.1, 0.15) is 30.1 Å². The molecule has 1 fully saturated rings. The van der Waals surface area contributed by atoms with E-state index in [0.29, 0.717) is 6.04 Å². The Labute approximate surface area is 122 Å². The van der Waals surface area contributed by atoms with Gasteiger partial charge in [-0.15, -0.1) is 11.3 Å². The van der Waals surface area contributed by atoms with Crippen molar-refractivity contribution in [3.63, 3.8) is 0 Å². The molecule has 1 heterocycles. The lowest BCUT2D eigenvalue weighted by Crippen LogP contribution is -2.25. The van der Waals surface area contributed by atoms with Crippen LogP contribution in [-0.2, 0) is 6.42 Å². The van der Waals surface area contributed by atoms with Gasteiger partial charge in [-0.05, 0) is 36.5 Å². The van der Waals surface area contributed by atoms with Crippen molar-refractivity contribution in [2.75, 3.05) is 6.54 Å². The normalized spacial score (nSPS) is 16.5. The monoisotopic (exact) mass is 292 g/mol. The topological polar surface area (TPSA) is 24.9 Å². The zero-order chi connectivity index (χ0) is 13.1. The summed E-state index contributed by atoms with van der Waals surface area (Å²) in [4.78, 5) is 4.32. The van der Waals surface area contributed by atoms with Crippen molar-refractivity contribution in [2.24, 2.45) is 5.92 Å². The number of thiazole rings is 1. The van der Waals surface area contributed by atoms with Gasteiger partial charge in [-0.25, -0.2) is 4.98 Å². The minimum atomic E-state index is 0.468. The molecule has 2 aromatic rings. The second-order valence-electron chi connectivity index (χ2n) is 5.05. The van der Waals surface area contributed by atoms with E-state index < -0.39 is 0 Å². The van der Waals surface area contributed by atoms with E-state index in [2.05, 4.69) is 27.8 Å². The summed E-state index contributed by atoms with van der Waals surface area (Å²) >= 11 is 7.62. The Bertz CT molecular complexity index is 505. The standard InChI is InChI=1S/C15H17ClN2S/c16-13-5-3-12(4-6-13)15(11-1-2-11)17-8-7-14-9-19-10-18-14/h3-6,9-11,15,17H,1-2,7-8H2. The van der Waals surface area contributed by atoms with E-state index in [-0.39, 0.29) is 0 Å². The number of aromatic nitrogens is 1. The fourth-order valence-electron chi connectivity index (χ4n) is 2.37. The molecule has 0 bridgehead atoms. The number of hydrogen-bond acceptors (Lipinski definition) is 3. The van der Waals surface area contributed by atoms with Crippen LogP contribution in [0.2, 0.25) is 5.02 Å². The number of nitrogens with one attached hydrogen (secondary N) is 1. The zero-order valence-corrected chi connectivity index (χ0v) is 12.3. The Morgan fingerprint density at radius 1 is 1.32 bits per heavy atom. The van der Waals surface area contributed by atoms with E-state index in [1.54, 1.807) is 11.3 Å². The first-order chi connectivity index (χ1) is 9.33. The summed E-state index contributed by atoms with van der Waals surface area (Å²) in [7, 11) is 0. The second-order valence-corrected chi connectivity index (χ2v) is 6.21. The smallest absolute Gasteiger partial charge is 0.0794 e. The SMILES string of the molecule is Clc1ccc(C(NCCc2cscn2)C2CC2)cc1. The second kappa shape index (κ2) is 6.04. The molecule has 0 spiro atoms. The Morgan fingerprint density at radius 3 is 2.74 bits per heavy atom. The molecule has 1 aliphatic rings. The Morgan fingerprint density at radius 2 is 2.11 bits per heavy atom. The quantitative estimate of drug-likeness (QED) is 0.868. The van der Waals surface area contributed by atoms with Gasteiger partial charge in [-0.1, -0.05) is 23.7 Å². The van der Waals surface area contributed by atoms with Crippen LogP contribution in [0, 0.1) is 5.92 Å². The van der Waals surface area contributed by atoms with Gasteiger partial charge in [-0.3, -0.25) is 0 Å². The van der Waals surface area contributed by atoms with Crippen LogP contribution in [0.3, 0.4) is 0 Å². The molecule has 100 valence electrons. The van der Waals surface area contributed by atoms with Gasteiger partial charge < -0.3 is 5.32 Å². The predicted octanol–water partition coefficient (Wildman–Crippen LogP) is 4.08. The molecule has 0 saturated heterocycles. The fourth-order valence-corrected chi connectivity index (χ4v) is 3.09. The summed E-state index contributed by atoms with van der Waals surface area (Å²) in [6, 6.07) is 8.71. The van der Waals surface area contributed by atoms with Crippen molar-refractivity contribution in [2.45, 2.75) is 25.3 Å². The third-order valence-electron chi connectivity index (χ3n) is 3.55. The van der Waals surface area contributed by atoms with E-state index in [4.69, 9.17) is 11.6 Å². The van der Waals surface area contributed by atoms with Gasteiger partial charge in [0.2, 0.25) is 0 Å². The van der Waals surface area contributed by atoms with Crippen molar-refractivity contribution in [1.29, 1.82) is 0 Å². The average Bonchev–Trinajstić information content (AvgIpc) is 3.13. The van der Waals surface area contributed by atoms with Crippen molar-refractivity contribution in [3.05, 3.63) is 51.4 Å².